The van der Waals surface area contributed by atoms with E-state index < -0.39 is 5.60 Å². The molecule has 0 radical (unpaired) electrons. The molecule has 1 unspecified atom stereocenters. The van der Waals surface area contributed by atoms with Crippen LogP contribution in [0, 0.1) is 0 Å². The standard InChI is InChI=1S/C9H19NO3/c1-9(13,6-11)5-10-7-3-2-4-8(7)12/h7-8,10-13H,2-6H2,1H3/t7-,8-,9?/m1/s1. The maximum absolute atomic E-state index is 9.48. The number of hydrogen-bond donors (Lipinski definition) is 4. The Bertz CT molecular complexity index is 161. The molecule has 1 fully saturated rings. The van der Waals surface area contributed by atoms with Gasteiger partial charge in [-0.2, -0.15) is 0 Å². The summed E-state index contributed by atoms with van der Waals surface area (Å²) in [5.74, 6) is 0. The Morgan fingerprint density at radius 2 is 2.15 bits per heavy atom. The highest BCUT2D eigenvalue weighted by molar-refractivity contribution is 4.85. The lowest BCUT2D eigenvalue weighted by Gasteiger charge is -2.24. The monoisotopic (exact) mass is 189 g/mol. The van der Waals surface area contributed by atoms with Crippen LogP contribution in [0.5, 0.6) is 0 Å². The van der Waals surface area contributed by atoms with E-state index in [1.807, 2.05) is 0 Å². The Balaban J connectivity index is 2.25. The summed E-state index contributed by atoms with van der Waals surface area (Å²) in [6, 6.07) is 0.0815. The molecule has 1 aliphatic carbocycles. The van der Waals surface area contributed by atoms with Crippen LogP contribution in [-0.2, 0) is 0 Å². The second kappa shape index (κ2) is 4.37. The van der Waals surface area contributed by atoms with Crippen LogP contribution in [0.4, 0.5) is 0 Å². The first kappa shape index (κ1) is 10.9. The second-order valence-corrected chi connectivity index (χ2v) is 4.14. The highest BCUT2D eigenvalue weighted by Crippen LogP contribution is 2.19. The Kier molecular flexibility index (Phi) is 3.67. The van der Waals surface area contributed by atoms with Crippen LogP contribution in [0.15, 0.2) is 0 Å². The maximum Gasteiger partial charge on any atom is 0.0972 e. The Labute approximate surface area is 78.6 Å². The molecule has 0 bridgehead atoms. The largest absolute Gasteiger partial charge is 0.393 e. The molecule has 78 valence electrons. The Morgan fingerprint density at radius 3 is 2.62 bits per heavy atom. The van der Waals surface area contributed by atoms with E-state index in [9.17, 15) is 10.2 Å². The summed E-state index contributed by atoms with van der Waals surface area (Å²) in [5.41, 5.74) is -1.08. The molecule has 4 heteroatoms. The van der Waals surface area contributed by atoms with Crippen molar-refractivity contribution in [1.29, 1.82) is 0 Å². The van der Waals surface area contributed by atoms with Gasteiger partial charge in [0.2, 0.25) is 0 Å². The third-order valence-corrected chi connectivity index (χ3v) is 2.57. The van der Waals surface area contributed by atoms with Crippen LogP contribution in [0.25, 0.3) is 0 Å². The van der Waals surface area contributed by atoms with E-state index in [1.165, 1.54) is 0 Å². The van der Waals surface area contributed by atoms with Gasteiger partial charge in [0.1, 0.15) is 0 Å². The second-order valence-electron chi connectivity index (χ2n) is 4.14. The highest BCUT2D eigenvalue weighted by Gasteiger charge is 2.27. The molecule has 0 aromatic heterocycles. The van der Waals surface area contributed by atoms with Crippen molar-refractivity contribution in [3.05, 3.63) is 0 Å². The first-order valence-electron chi connectivity index (χ1n) is 4.80. The molecule has 0 amide bonds. The molecule has 4 nitrogen and oxygen atoms in total. The van der Waals surface area contributed by atoms with Crippen LogP contribution in [0.1, 0.15) is 26.2 Å². The number of hydrogen-bond acceptors (Lipinski definition) is 4. The lowest BCUT2D eigenvalue weighted by molar-refractivity contribution is -0.00242. The van der Waals surface area contributed by atoms with E-state index in [4.69, 9.17) is 5.11 Å². The lowest BCUT2D eigenvalue weighted by atomic mass is 10.1. The summed E-state index contributed by atoms with van der Waals surface area (Å²) >= 11 is 0. The fourth-order valence-corrected chi connectivity index (χ4v) is 1.59. The van der Waals surface area contributed by atoms with Crippen molar-refractivity contribution in [3.8, 4) is 0 Å². The number of aliphatic hydroxyl groups is 3. The zero-order chi connectivity index (χ0) is 9.90. The van der Waals surface area contributed by atoms with Gasteiger partial charge < -0.3 is 20.6 Å². The predicted octanol–water partition coefficient (Wildman–Crippen LogP) is -0.767. The molecular weight excluding hydrogens is 170 g/mol. The van der Waals surface area contributed by atoms with E-state index in [0.29, 0.717) is 6.54 Å². The van der Waals surface area contributed by atoms with E-state index in [0.717, 1.165) is 19.3 Å². The van der Waals surface area contributed by atoms with Gasteiger partial charge in [-0.25, -0.2) is 0 Å². The van der Waals surface area contributed by atoms with Gasteiger partial charge >= 0.3 is 0 Å². The quantitative estimate of drug-likeness (QED) is 0.469. The summed E-state index contributed by atoms with van der Waals surface area (Å²) in [6.07, 6.45) is 2.51. The third-order valence-electron chi connectivity index (χ3n) is 2.57. The minimum absolute atomic E-state index is 0.0815. The molecule has 1 saturated carbocycles. The van der Waals surface area contributed by atoms with Crippen LogP contribution in [-0.4, -0.2) is 46.2 Å². The van der Waals surface area contributed by atoms with Crippen molar-refractivity contribution >= 4 is 0 Å². The molecule has 1 aliphatic rings. The molecule has 4 N–H and O–H groups in total. The van der Waals surface area contributed by atoms with Gasteiger partial charge in [0.25, 0.3) is 0 Å². The summed E-state index contributed by atoms with van der Waals surface area (Å²) < 4.78 is 0. The molecule has 0 spiro atoms. The molecule has 0 aromatic carbocycles. The molecule has 0 heterocycles. The van der Waals surface area contributed by atoms with Crippen molar-refractivity contribution in [2.45, 2.75) is 43.9 Å². The fraction of sp³-hybridized carbons (Fsp3) is 1.00. The van der Waals surface area contributed by atoms with Gasteiger partial charge in [-0.15, -0.1) is 0 Å². The van der Waals surface area contributed by atoms with Crippen LogP contribution in [0.3, 0.4) is 0 Å². The first-order chi connectivity index (χ1) is 6.05. The predicted molar refractivity (Wildman–Crippen MR) is 49.4 cm³/mol. The Morgan fingerprint density at radius 1 is 1.46 bits per heavy atom. The normalized spacial score (nSPS) is 33.2. The van der Waals surface area contributed by atoms with Crippen molar-refractivity contribution in [2.75, 3.05) is 13.2 Å². The van der Waals surface area contributed by atoms with Gasteiger partial charge in [0.15, 0.2) is 0 Å². The minimum Gasteiger partial charge on any atom is -0.393 e. The number of nitrogens with one attached hydrogen (secondary N) is 1. The average molecular weight is 189 g/mol. The van der Waals surface area contributed by atoms with E-state index >= 15 is 0 Å². The van der Waals surface area contributed by atoms with Gasteiger partial charge in [-0.3, -0.25) is 0 Å². The Hall–Kier alpha value is -0.160. The minimum atomic E-state index is -1.08. The van der Waals surface area contributed by atoms with Crippen LogP contribution in [0.2, 0.25) is 0 Å². The van der Waals surface area contributed by atoms with E-state index in [-0.39, 0.29) is 18.8 Å². The van der Waals surface area contributed by atoms with E-state index in [2.05, 4.69) is 5.32 Å². The molecular formula is C9H19NO3. The maximum atomic E-state index is 9.48. The van der Waals surface area contributed by atoms with Gasteiger partial charge in [-0.1, -0.05) is 0 Å². The average Bonchev–Trinajstić information content (AvgIpc) is 2.48. The smallest absolute Gasteiger partial charge is 0.0972 e. The molecule has 0 aliphatic heterocycles. The van der Waals surface area contributed by atoms with Crippen molar-refractivity contribution in [3.63, 3.8) is 0 Å². The lowest BCUT2D eigenvalue weighted by Crippen LogP contribution is -2.47. The third kappa shape index (κ3) is 3.23. The highest BCUT2D eigenvalue weighted by atomic mass is 16.3. The molecule has 13 heavy (non-hydrogen) atoms. The van der Waals surface area contributed by atoms with Crippen molar-refractivity contribution < 1.29 is 15.3 Å². The summed E-state index contributed by atoms with van der Waals surface area (Å²) in [5, 5.41) is 30.8. The summed E-state index contributed by atoms with van der Waals surface area (Å²) in [7, 11) is 0. The molecule has 1 rings (SSSR count). The first-order valence-corrected chi connectivity index (χ1v) is 4.80. The topological polar surface area (TPSA) is 72.7 Å². The molecule has 3 atom stereocenters. The van der Waals surface area contributed by atoms with Gasteiger partial charge in [-0.05, 0) is 26.2 Å². The summed E-state index contributed by atoms with van der Waals surface area (Å²) in [4.78, 5) is 0. The van der Waals surface area contributed by atoms with E-state index in [1.54, 1.807) is 6.92 Å². The van der Waals surface area contributed by atoms with Gasteiger partial charge in [0, 0.05) is 12.6 Å². The number of rotatable bonds is 4. The van der Waals surface area contributed by atoms with Crippen molar-refractivity contribution in [1.82, 2.24) is 5.32 Å². The zero-order valence-corrected chi connectivity index (χ0v) is 8.03. The fourth-order valence-electron chi connectivity index (χ4n) is 1.59. The number of aliphatic hydroxyl groups excluding tert-OH is 2. The van der Waals surface area contributed by atoms with Gasteiger partial charge in [0.05, 0.1) is 18.3 Å². The van der Waals surface area contributed by atoms with Crippen LogP contribution < -0.4 is 5.32 Å². The SMILES string of the molecule is CC(O)(CO)CN[C@@H]1CCC[C@H]1O. The molecule has 0 aromatic rings. The summed E-state index contributed by atoms with van der Waals surface area (Å²) in [6.45, 7) is 1.63. The zero-order valence-electron chi connectivity index (χ0n) is 8.03. The molecule has 0 saturated heterocycles. The van der Waals surface area contributed by atoms with Crippen molar-refractivity contribution in [2.24, 2.45) is 0 Å². The van der Waals surface area contributed by atoms with Crippen LogP contribution >= 0.6 is 0 Å².